The first kappa shape index (κ1) is 8.56. The number of anilines is 2. The molecule has 0 aliphatic carbocycles. The number of nitrogens with zero attached hydrogens (tertiary/aromatic N) is 1. The zero-order valence-corrected chi connectivity index (χ0v) is 8.52. The highest BCUT2D eigenvalue weighted by molar-refractivity contribution is 7.15. The normalized spacial score (nSPS) is 20.8. The molecule has 2 rings (SSSR count). The van der Waals surface area contributed by atoms with Crippen molar-refractivity contribution in [1.29, 1.82) is 0 Å². The molecule has 0 fully saturated rings. The summed E-state index contributed by atoms with van der Waals surface area (Å²) in [6, 6.07) is 2.24. The molecule has 13 heavy (non-hydrogen) atoms. The highest BCUT2D eigenvalue weighted by Crippen LogP contribution is 2.36. The average Bonchev–Trinajstić information content (AvgIpc) is 2.50. The lowest BCUT2D eigenvalue weighted by atomic mass is 10.2. The molecule has 0 radical (unpaired) electrons. The molecule has 1 aromatic rings. The lowest BCUT2D eigenvalue weighted by Gasteiger charge is -2.33. The van der Waals surface area contributed by atoms with Gasteiger partial charge in [-0.2, -0.15) is 0 Å². The highest BCUT2D eigenvalue weighted by Gasteiger charge is 2.26. The van der Waals surface area contributed by atoms with E-state index in [1.807, 2.05) is 16.3 Å². The van der Waals surface area contributed by atoms with Crippen molar-refractivity contribution >= 4 is 27.9 Å². The van der Waals surface area contributed by atoms with Crippen LogP contribution in [0.2, 0.25) is 0 Å². The van der Waals surface area contributed by atoms with Crippen molar-refractivity contribution in [3.63, 3.8) is 0 Å². The standard InChI is InChI=1S/C9H12N2OS/c1-6-5-10-9-8(3-4-13-9)11(6)7(2)12/h3-4,6,10H,5H2,1-2H3/t6-/m0/s1. The number of rotatable bonds is 0. The van der Waals surface area contributed by atoms with Gasteiger partial charge in [-0.3, -0.25) is 4.79 Å². The smallest absolute Gasteiger partial charge is 0.224 e. The summed E-state index contributed by atoms with van der Waals surface area (Å²) in [6.45, 7) is 4.51. The van der Waals surface area contributed by atoms with Crippen molar-refractivity contribution in [2.75, 3.05) is 16.8 Å². The van der Waals surface area contributed by atoms with E-state index in [0.29, 0.717) is 0 Å². The second-order valence-corrected chi connectivity index (χ2v) is 4.17. The Bertz CT molecular complexity index is 334. The molecule has 1 N–H and O–H groups in total. The van der Waals surface area contributed by atoms with E-state index in [9.17, 15) is 4.79 Å². The average molecular weight is 196 g/mol. The molecule has 1 atom stereocenters. The Hall–Kier alpha value is -1.03. The van der Waals surface area contributed by atoms with Crippen molar-refractivity contribution in [2.45, 2.75) is 19.9 Å². The van der Waals surface area contributed by atoms with E-state index in [1.165, 1.54) is 0 Å². The summed E-state index contributed by atoms with van der Waals surface area (Å²) in [4.78, 5) is 13.2. The maximum absolute atomic E-state index is 11.4. The summed E-state index contributed by atoms with van der Waals surface area (Å²) in [5, 5.41) is 6.41. The van der Waals surface area contributed by atoms with Crippen molar-refractivity contribution in [1.82, 2.24) is 0 Å². The fourth-order valence-corrected chi connectivity index (χ4v) is 2.46. The summed E-state index contributed by atoms with van der Waals surface area (Å²) in [7, 11) is 0. The number of carbonyl (C=O) groups excluding carboxylic acids is 1. The van der Waals surface area contributed by atoms with Gasteiger partial charge in [0, 0.05) is 13.5 Å². The van der Waals surface area contributed by atoms with Crippen LogP contribution in [0.25, 0.3) is 0 Å². The van der Waals surface area contributed by atoms with Gasteiger partial charge >= 0.3 is 0 Å². The molecule has 0 bridgehead atoms. The summed E-state index contributed by atoms with van der Waals surface area (Å²) in [6.07, 6.45) is 0. The lowest BCUT2D eigenvalue weighted by molar-refractivity contribution is -0.116. The molecule has 0 aromatic carbocycles. The van der Waals surface area contributed by atoms with E-state index in [-0.39, 0.29) is 11.9 Å². The molecule has 0 unspecified atom stereocenters. The van der Waals surface area contributed by atoms with Gasteiger partial charge in [-0.05, 0) is 18.4 Å². The molecule has 4 heteroatoms. The second-order valence-electron chi connectivity index (χ2n) is 3.25. The SMILES string of the molecule is CC(=O)N1c2ccsc2NC[C@@H]1C. The predicted octanol–water partition coefficient (Wildman–Crippen LogP) is 1.91. The Balaban J connectivity index is 2.41. The summed E-state index contributed by atoms with van der Waals surface area (Å²) < 4.78 is 0. The number of hydrogen-bond donors (Lipinski definition) is 1. The van der Waals surface area contributed by atoms with Crippen molar-refractivity contribution in [3.8, 4) is 0 Å². The molecular formula is C9H12N2OS. The molecule has 3 nitrogen and oxygen atoms in total. The van der Waals surface area contributed by atoms with Crippen LogP contribution in [0.3, 0.4) is 0 Å². The fourth-order valence-electron chi connectivity index (χ4n) is 1.67. The Morgan fingerprint density at radius 2 is 2.54 bits per heavy atom. The number of amides is 1. The van der Waals surface area contributed by atoms with Crippen LogP contribution in [0.5, 0.6) is 0 Å². The monoisotopic (exact) mass is 196 g/mol. The zero-order chi connectivity index (χ0) is 9.42. The molecule has 0 spiro atoms. The van der Waals surface area contributed by atoms with Gasteiger partial charge in [0.2, 0.25) is 5.91 Å². The number of nitrogens with one attached hydrogen (secondary N) is 1. The van der Waals surface area contributed by atoms with Gasteiger partial charge in [-0.25, -0.2) is 0 Å². The van der Waals surface area contributed by atoms with Gasteiger partial charge in [0.1, 0.15) is 5.00 Å². The van der Waals surface area contributed by atoms with Crippen LogP contribution in [0.4, 0.5) is 10.7 Å². The fraction of sp³-hybridized carbons (Fsp3) is 0.444. The summed E-state index contributed by atoms with van der Waals surface area (Å²) in [5.74, 6) is 0.119. The number of carbonyl (C=O) groups is 1. The van der Waals surface area contributed by atoms with E-state index >= 15 is 0 Å². The predicted molar refractivity (Wildman–Crippen MR) is 55.4 cm³/mol. The van der Waals surface area contributed by atoms with E-state index in [0.717, 1.165) is 17.2 Å². The first-order chi connectivity index (χ1) is 6.20. The Morgan fingerprint density at radius 1 is 1.77 bits per heavy atom. The summed E-state index contributed by atoms with van der Waals surface area (Å²) in [5.41, 5.74) is 1.02. The molecule has 2 heterocycles. The molecule has 0 saturated heterocycles. The van der Waals surface area contributed by atoms with Crippen molar-refractivity contribution in [3.05, 3.63) is 11.4 Å². The van der Waals surface area contributed by atoms with Crippen molar-refractivity contribution in [2.24, 2.45) is 0 Å². The molecule has 1 aromatic heterocycles. The molecule has 1 aliphatic heterocycles. The van der Waals surface area contributed by atoms with Crippen LogP contribution >= 0.6 is 11.3 Å². The van der Waals surface area contributed by atoms with Crippen LogP contribution in [-0.4, -0.2) is 18.5 Å². The third-order valence-corrected chi connectivity index (χ3v) is 3.10. The summed E-state index contributed by atoms with van der Waals surface area (Å²) >= 11 is 1.64. The van der Waals surface area contributed by atoms with Crippen LogP contribution in [0, 0.1) is 0 Å². The third-order valence-electron chi connectivity index (χ3n) is 2.24. The zero-order valence-electron chi connectivity index (χ0n) is 7.70. The van der Waals surface area contributed by atoms with Crippen LogP contribution in [0.15, 0.2) is 11.4 Å². The van der Waals surface area contributed by atoms with Crippen LogP contribution in [0.1, 0.15) is 13.8 Å². The maximum Gasteiger partial charge on any atom is 0.224 e. The maximum atomic E-state index is 11.4. The highest BCUT2D eigenvalue weighted by atomic mass is 32.1. The Kier molecular flexibility index (Phi) is 2.00. The van der Waals surface area contributed by atoms with Crippen LogP contribution < -0.4 is 10.2 Å². The minimum Gasteiger partial charge on any atom is -0.373 e. The van der Waals surface area contributed by atoms with Gasteiger partial charge in [0.15, 0.2) is 0 Å². The largest absolute Gasteiger partial charge is 0.373 e. The molecule has 0 saturated carbocycles. The van der Waals surface area contributed by atoms with E-state index in [4.69, 9.17) is 0 Å². The number of hydrogen-bond acceptors (Lipinski definition) is 3. The Labute approximate surface area is 81.4 Å². The van der Waals surface area contributed by atoms with E-state index in [1.54, 1.807) is 18.3 Å². The Morgan fingerprint density at radius 3 is 3.23 bits per heavy atom. The third kappa shape index (κ3) is 1.31. The quantitative estimate of drug-likeness (QED) is 0.687. The lowest BCUT2D eigenvalue weighted by Crippen LogP contribution is -2.44. The van der Waals surface area contributed by atoms with Gasteiger partial charge in [-0.15, -0.1) is 11.3 Å². The van der Waals surface area contributed by atoms with Gasteiger partial charge < -0.3 is 10.2 Å². The molecule has 1 amide bonds. The van der Waals surface area contributed by atoms with Gasteiger partial charge in [0.25, 0.3) is 0 Å². The molecule has 1 aliphatic rings. The van der Waals surface area contributed by atoms with Crippen molar-refractivity contribution < 1.29 is 4.79 Å². The molecule has 70 valence electrons. The topological polar surface area (TPSA) is 32.3 Å². The molecular weight excluding hydrogens is 184 g/mol. The minimum atomic E-state index is 0.119. The minimum absolute atomic E-state index is 0.119. The first-order valence-corrected chi connectivity index (χ1v) is 5.19. The van der Waals surface area contributed by atoms with E-state index in [2.05, 4.69) is 12.2 Å². The number of thiophene rings is 1. The van der Waals surface area contributed by atoms with E-state index < -0.39 is 0 Å². The first-order valence-electron chi connectivity index (χ1n) is 4.31. The second kappa shape index (κ2) is 3.03. The number of fused-ring (bicyclic) bond motifs is 1. The van der Waals surface area contributed by atoms with Crippen LogP contribution in [-0.2, 0) is 4.79 Å². The van der Waals surface area contributed by atoms with Gasteiger partial charge in [-0.1, -0.05) is 0 Å². The van der Waals surface area contributed by atoms with Gasteiger partial charge in [0.05, 0.1) is 11.7 Å².